The minimum atomic E-state index is -0.506. The highest BCUT2D eigenvalue weighted by molar-refractivity contribution is 6.30. The van der Waals surface area contributed by atoms with Crippen LogP contribution in [0.5, 0.6) is 0 Å². The summed E-state index contributed by atoms with van der Waals surface area (Å²) < 4.78 is 0. The summed E-state index contributed by atoms with van der Waals surface area (Å²) in [5.74, 6) is -0.200. The largest absolute Gasteiger partial charge is 0.324 e. The molecule has 1 aromatic carbocycles. The Bertz CT molecular complexity index is 572. The van der Waals surface area contributed by atoms with Crippen molar-refractivity contribution in [2.24, 2.45) is 0 Å². The molecular weight excluding hydrogens is 302 g/mol. The second-order valence-electron chi connectivity index (χ2n) is 5.95. The summed E-state index contributed by atoms with van der Waals surface area (Å²) in [6.45, 7) is 0.440. The van der Waals surface area contributed by atoms with E-state index in [4.69, 9.17) is 11.6 Å². The Balaban J connectivity index is 1.61. The lowest BCUT2D eigenvalue weighted by Crippen LogP contribution is -2.39. The maximum Gasteiger partial charge on any atom is 0.318 e. The third-order valence-electron chi connectivity index (χ3n) is 4.36. The number of nitrogens with one attached hydrogen (secondary N) is 2. The fraction of sp³-hybridized carbons (Fsp3) is 0.500. The molecule has 1 saturated heterocycles. The first-order valence-electron chi connectivity index (χ1n) is 7.77. The van der Waals surface area contributed by atoms with E-state index < -0.39 is 6.04 Å². The molecule has 1 aliphatic heterocycles. The summed E-state index contributed by atoms with van der Waals surface area (Å²) in [6.07, 6.45) is 5.64. The van der Waals surface area contributed by atoms with Crippen LogP contribution < -0.4 is 10.6 Å². The molecule has 1 unspecified atom stereocenters. The van der Waals surface area contributed by atoms with E-state index in [-0.39, 0.29) is 18.0 Å². The molecule has 0 aromatic heterocycles. The standard InChI is InChI=1S/C16H20ClN3O2/c17-11-5-4-6-12(9-11)18-15(21)14-10-20(16(22)19-14)13-7-2-1-3-8-13/h4-6,9,13-14H,1-3,7-8,10H2,(H,18,21)(H,19,22). The van der Waals surface area contributed by atoms with E-state index in [1.165, 1.54) is 6.42 Å². The summed E-state index contributed by atoms with van der Waals surface area (Å²) in [4.78, 5) is 26.2. The van der Waals surface area contributed by atoms with Gasteiger partial charge in [-0.25, -0.2) is 4.79 Å². The zero-order chi connectivity index (χ0) is 15.5. The van der Waals surface area contributed by atoms with Crippen LogP contribution in [0.15, 0.2) is 24.3 Å². The maximum absolute atomic E-state index is 12.3. The Morgan fingerprint density at radius 2 is 2.05 bits per heavy atom. The van der Waals surface area contributed by atoms with Crippen LogP contribution in [-0.2, 0) is 4.79 Å². The van der Waals surface area contributed by atoms with Gasteiger partial charge in [-0.1, -0.05) is 36.9 Å². The summed E-state index contributed by atoms with van der Waals surface area (Å²) in [5, 5.41) is 6.15. The molecule has 1 heterocycles. The SMILES string of the molecule is O=C(Nc1cccc(Cl)c1)C1CN(C2CCCCC2)C(=O)N1. The highest BCUT2D eigenvalue weighted by atomic mass is 35.5. The highest BCUT2D eigenvalue weighted by Gasteiger charge is 2.37. The monoisotopic (exact) mass is 321 g/mol. The van der Waals surface area contributed by atoms with Gasteiger partial charge < -0.3 is 15.5 Å². The van der Waals surface area contributed by atoms with Crippen LogP contribution in [-0.4, -0.2) is 35.5 Å². The number of hydrogen-bond donors (Lipinski definition) is 2. The van der Waals surface area contributed by atoms with Crippen molar-refractivity contribution < 1.29 is 9.59 Å². The Labute approximate surface area is 135 Å². The molecule has 1 atom stereocenters. The molecule has 3 rings (SSSR count). The molecule has 1 saturated carbocycles. The van der Waals surface area contributed by atoms with Crippen LogP contribution in [0.4, 0.5) is 10.5 Å². The van der Waals surface area contributed by atoms with E-state index in [0.29, 0.717) is 17.3 Å². The molecule has 1 aliphatic carbocycles. The van der Waals surface area contributed by atoms with Crippen LogP contribution in [0.2, 0.25) is 5.02 Å². The molecule has 2 fully saturated rings. The highest BCUT2D eigenvalue weighted by Crippen LogP contribution is 2.25. The van der Waals surface area contributed by atoms with Crippen LogP contribution >= 0.6 is 11.6 Å². The predicted molar refractivity (Wildman–Crippen MR) is 86.0 cm³/mol. The van der Waals surface area contributed by atoms with E-state index in [1.54, 1.807) is 24.3 Å². The van der Waals surface area contributed by atoms with Gasteiger partial charge in [-0.05, 0) is 31.0 Å². The lowest BCUT2D eigenvalue weighted by Gasteiger charge is -2.30. The first kappa shape index (κ1) is 15.2. The summed E-state index contributed by atoms with van der Waals surface area (Å²) in [7, 11) is 0. The number of halogens is 1. The average Bonchev–Trinajstić information content (AvgIpc) is 2.90. The zero-order valence-electron chi connectivity index (χ0n) is 12.3. The lowest BCUT2D eigenvalue weighted by atomic mass is 9.94. The average molecular weight is 322 g/mol. The van der Waals surface area contributed by atoms with Gasteiger partial charge in [0.25, 0.3) is 0 Å². The predicted octanol–water partition coefficient (Wildman–Crippen LogP) is 3.01. The lowest BCUT2D eigenvalue weighted by molar-refractivity contribution is -0.117. The number of hydrogen-bond acceptors (Lipinski definition) is 2. The fourth-order valence-corrected chi connectivity index (χ4v) is 3.40. The van der Waals surface area contributed by atoms with Gasteiger partial charge in [-0.2, -0.15) is 0 Å². The van der Waals surface area contributed by atoms with E-state index in [2.05, 4.69) is 10.6 Å². The van der Waals surface area contributed by atoms with Crippen molar-refractivity contribution in [3.63, 3.8) is 0 Å². The van der Waals surface area contributed by atoms with Gasteiger partial charge in [0, 0.05) is 16.8 Å². The number of amides is 3. The van der Waals surface area contributed by atoms with Crippen molar-refractivity contribution in [3.05, 3.63) is 29.3 Å². The van der Waals surface area contributed by atoms with Crippen LogP contribution in [0, 0.1) is 0 Å². The number of urea groups is 1. The molecule has 118 valence electrons. The first-order chi connectivity index (χ1) is 10.6. The summed E-state index contributed by atoms with van der Waals surface area (Å²) in [5.41, 5.74) is 0.642. The van der Waals surface area contributed by atoms with Gasteiger partial charge >= 0.3 is 6.03 Å². The topological polar surface area (TPSA) is 61.4 Å². The van der Waals surface area contributed by atoms with E-state index in [1.807, 2.05) is 4.90 Å². The molecule has 3 amide bonds. The van der Waals surface area contributed by atoms with Crippen molar-refractivity contribution in [2.45, 2.75) is 44.2 Å². The number of carbonyl (C=O) groups is 2. The minimum absolute atomic E-state index is 0.127. The molecule has 0 spiro atoms. The Hall–Kier alpha value is -1.75. The fourth-order valence-electron chi connectivity index (χ4n) is 3.21. The molecule has 2 aliphatic rings. The number of carbonyl (C=O) groups excluding carboxylic acids is 2. The minimum Gasteiger partial charge on any atom is -0.324 e. The maximum atomic E-state index is 12.3. The van der Waals surface area contributed by atoms with Crippen LogP contribution in [0.1, 0.15) is 32.1 Å². The van der Waals surface area contributed by atoms with Crippen molar-refractivity contribution in [1.29, 1.82) is 0 Å². The second-order valence-corrected chi connectivity index (χ2v) is 6.38. The van der Waals surface area contributed by atoms with Gasteiger partial charge in [0.1, 0.15) is 6.04 Å². The van der Waals surface area contributed by atoms with Gasteiger partial charge in [0.05, 0.1) is 6.54 Å². The Kier molecular flexibility index (Phi) is 4.52. The van der Waals surface area contributed by atoms with Crippen LogP contribution in [0.25, 0.3) is 0 Å². The molecular formula is C16H20ClN3O2. The number of anilines is 1. The quantitative estimate of drug-likeness (QED) is 0.899. The first-order valence-corrected chi connectivity index (χ1v) is 8.15. The van der Waals surface area contributed by atoms with Crippen molar-refractivity contribution >= 4 is 29.2 Å². The summed E-state index contributed by atoms with van der Waals surface area (Å²) >= 11 is 5.91. The number of benzene rings is 1. The Morgan fingerprint density at radius 3 is 2.77 bits per heavy atom. The van der Waals surface area contributed by atoms with Gasteiger partial charge in [0.15, 0.2) is 0 Å². The zero-order valence-corrected chi connectivity index (χ0v) is 13.1. The molecule has 0 bridgehead atoms. The third kappa shape index (κ3) is 3.35. The van der Waals surface area contributed by atoms with Gasteiger partial charge in [-0.3, -0.25) is 4.79 Å². The molecule has 22 heavy (non-hydrogen) atoms. The second kappa shape index (κ2) is 6.57. The molecule has 2 N–H and O–H groups in total. The van der Waals surface area contributed by atoms with Crippen molar-refractivity contribution in [3.8, 4) is 0 Å². The van der Waals surface area contributed by atoms with Gasteiger partial charge in [-0.15, -0.1) is 0 Å². The number of rotatable bonds is 3. The molecule has 0 radical (unpaired) electrons. The Morgan fingerprint density at radius 1 is 1.27 bits per heavy atom. The number of nitrogens with zero attached hydrogens (tertiary/aromatic N) is 1. The summed E-state index contributed by atoms with van der Waals surface area (Å²) in [6, 6.07) is 6.64. The molecule has 1 aromatic rings. The third-order valence-corrected chi connectivity index (χ3v) is 4.60. The molecule has 6 heteroatoms. The smallest absolute Gasteiger partial charge is 0.318 e. The molecule has 5 nitrogen and oxygen atoms in total. The van der Waals surface area contributed by atoms with Crippen molar-refractivity contribution in [1.82, 2.24) is 10.2 Å². The van der Waals surface area contributed by atoms with E-state index >= 15 is 0 Å². The van der Waals surface area contributed by atoms with Crippen molar-refractivity contribution in [2.75, 3.05) is 11.9 Å². The van der Waals surface area contributed by atoms with E-state index in [0.717, 1.165) is 25.7 Å². The van der Waals surface area contributed by atoms with E-state index in [9.17, 15) is 9.59 Å². The normalized spacial score (nSPS) is 22.5. The van der Waals surface area contributed by atoms with Gasteiger partial charge in [0.2, 0.25) is 5.91 Å². The van der Waals surface area contributed by atoms with Crippen LogP contribution in [0.3, 0.4) is 0 Å².